The number of carbonyl (C=O) groups excluding carboxylic acids is 3. The average Bonchev–Trinajstić information content (AvgIpc) is 2.70. The van der Waals surface area contributed by atoms with Crippen LogP contribution in [0.15, 0.2) is 30.3 Å². The van der Waals surface area contributed by atoms with Gasteiger partial charge < -0.3 is 19.9 Å². The third kappa shape index (κ3) is 4.66. The molecule has 3 amide bonds. The van der Waals surface area contributed by atoms with Crippen LogP contribution in [0, 0.1) is 5.92 Å². The van der Waals surface area contributed by atoms with Gasteiger partial charge in [0.05, 0.1) is 0 Å². The van der Waals surface area contributed by atoms with Gasteiger partial charge in [0.15, 0.2) is 0 Å². The maximum Gasteiger partial charge on any atom is 0.248 e. The smallest absolute Gasteiger partial charge is 0.248 e. The van der Waals surface area contributed by atoms with E-state index in [4.69, 9.17) is 4.74 Å². The molecule has 2 saturated heterocycles. The van der Waals surface area contributed by atoms with Gasteiger partial charge in [-0.25, -0.2) is 0 Å². The Labute approximate surface area is 159 Å². The number of benzene rings is 1. The van der Waals surface area contributed by atoms with Gasteiger partial charge in [0.1, 0.15) is 12.6 Å². The first-order valence-corrected chi connectivity index (χ1v) is 9.49. The average molecular weight is 373 g/mol. The predicted molar refractivity (Wildman–Crippen MR) is 99.8 cm³/mol. The molecule has 7 nitrogen and oxygen atoms in total. The minimum absolute atomic E-state index is 0.0321. The van der Waals surface area contributed by atoms with Crippen LogP contribution in [0.2, 0.25) is 0 Å². The lowest BCUT2D eigenvalue weighted by Crippen LogP contribution is -2.59. The van der Waals surface area contributed by atoms with Crippen LogP contribution in [0.4, 0.5) is 0 Å². The van der Waals surface area contributed by atoms with Crippen LogP contribution in [0.1, 0.15) is 18.4 Å². The number of piperidine rings is 1. The van der Waals surface area contributed by atoms with Crippen molar-refractivity contribution in [3.05, 3.63) is 35.9 Å². The molecule has 146 valence electrons. The summed E-state index contributed by atoms with van der Waals surface area (Å²) >= 11 is 0. The second-order valence-corrected chi connectivity index (χ2v) is 7.12. The molecule has 2 aliphatic rings. The molecular formula is C20H27N3O4. The van der Waals surface area contributed by atoms with Crippen molar-refractivity contribution in [3.63, 3.8) is 0 Å². The van der Waals surface area contributed by atoms with E-state index in [1.807, 2.05) is 30.3 Å². The number of ether oxygens (including phenoxy) is 1. The number of piperazine rings is 1. The molecule has 1 unspecified atom stereocenters. The van der Waals surface area contributed by atoms with Crippen molar-refractivity contribution in [1.82, 2.24) is 15.1 Å². The standard InChI is InChI=1S/C20H27N3O4/c1-27-14-18(24)22-10-7-16(8-11-22)20(26)23-12-9-21-19(25)17(23)13-15-5-3-2-4-6-15/h2-6,16-17H,7-14H2,1H3,(H,21,25). The van der Waals surface area contributed by atoms with E-state index in [1.165, 1.54) is 7.11 Å². The maximum absolute atomic E-state index is 13.1. The van der Waals surface area contributed by atoms with Crippen LogP contribution >= 0.6 is 0 Å². The number of hydrogen-bond donors (Lipinski definition) is 1. The van der Waals surface area contributed by atoms with Crippen LogP contribution in [0.25, 0.3) is 0 Å². The van der Waals surface area contributed by atoms with Gasteiger partial charge in [-0.3, -0.25) is 14.4 Å². The van der Waals surface area contributed by atoms with Gasteiger partial charge in [0, 0.05) is 45.6 Å². The van der Waals surface area contributed by atoms with Gasteiger partial charge >= 0.3 is 0 Å². The summed E-state index contributed by atoms with van der Waals surface area (Å²) in [6.45, 7) is 2.21. The van der Waals surface area contributed by atoms with Crippen LogP contribution < -0.4 is 5.32 Å². The van der Waals surface area contributed by atoms with Gasteiger partial charge in [-0.05, 0) is 18.4 Å². The molecule has 1 aromatic rings. The molecule has 1 N–H and O–H groups in total. The third-order valence-corrected chi connectivity index (χ3v) is 5.35. The van der Waals surface area contributed by atoms with E-state index in [9.17, 15) is 14.4 Å². The first-order chi connectivity index (χ1) is 13.1. The zero-order chi connectivity index (χ0) is 19.2. The van der Waals surface area contributed by atoms with Gasteiger partial charge in [-0.1, -0.05) is 30.3 Å². The molecule has 7 heteroatoms. The van der Waals surface area contributed by atoms with E-state index < -0.39 is 6.04 Å². The Morgan fingerprint density at radius 1 is 1.15 bits per heavy atom. The highest BCUT2D eigenvalue weighted by atomic mass is 16.5. The number of amides is 3. The molecule has 1 aromatic carbocycles. The maximum atomic E-state index is 13.1. The normalized spacial score (nSPS) is 21.1. The van der Waals surface area contributed by atoms with Gasteiger partial charge in [-0.15, -0.1) is 0 Å². The molecule has 0 bridgehead atoms. The Morgan fingerprint density at radius 2 is 1.85 bits per heavy atom. The number of hydrogen-bond acceptors (Lipinski definition) is 4. The van der Waals surface area contributed by atoms with Crippen molar-refractivity contribution in [2.24, 2.45) is 5.92 Å². The number of carbonyl (C=O) groups is 3. The topological polar surface area (TPSA) is 79.0 Å². The highest BCUT2D eigenvalue weighted by molar-refractivity contribution is 5.90. The second kappa shape index (κ2) is 8.99. The monoisotopic (exact) mass is 373 g/mol. The summed E-state index contributed by atoms with van der Waals surface area (Å²) < 4.78 is 4.90. The number of rotatable bonds is 5. The molecule has 0 saturated carbocycles. The molecule has 0 aliphatic carbocycles. The Kier molecular flexibility index (Phi) is 6.45. The SMILES string of the molecule is COCC(=O)N1CCC(C(=O)N2CCNC(=O)C2Cc2ccccc2)CC1. The number of methoxy groups -OCH3 is 1. The van der Waals surface area contributed by atoms with E-state index in [2.05, 4.69) is 5.32 Å². The van der Waals surface area contributed by atoms with Crippen molar-refractivity contribution in [1.29, 1.82) is 0 Å². The molecule has 1 atom stereocenters. The minimum atomic E-state index is -0.471. The largest absolute Gasteiger partial charge is 0.375 e. The van der Waals surface area contributed by atoms with E-state index >= 15 is 0 Å². The van der Waals surface area contributed by atoms with Crippen molar-refractivity contribution < 1.29 is 19.1 Å². The van der Waals surface area contributed by atoms with E-state index in [0.29, 0.717) is 45.4 Å². The van der Waals surface area contributed by atoms with Crippen molar-refractivity contribution in [2.75, 3.05) is 39.9 Å². The van der Waals surface area contributed by atoms with Crippen molar-refractivity contribution in [3.8, 4) is 0 Å². The van der Waals surface area contributed by atoms with Crippen LogP contribution in [0.5, 0.6) is 0 Å². The second-order valence-electron chi connectivity index (χ2n) is 7.12. The molecule has 2 fully saturated rings. The quantitative estimate of drug-likeness (QED) is 0.812. The lowest BCUT2D eigenvalue weighted by molar-refractivity contribution is -0.148. The first-order valence-electron chi connectivity index (χ1n) is 9.49. The summed E-state index contributed by atoms with van der Waals surface area (Å²) in [4.78, 5) is 41.0. The summed E-state index contributed by atoms with van der Waals surface area (Å²) in [5.41, 5.74) is 1.04. The Hall–Kier alpha value is -2.41. The van der Waals surface area contributed by atoms with Gasteiger partial charge in [0.25, 0.3) is 0 Å². The minimum Gasteiger partial charge on any atom is -0.375 e. The molecule has 2 heterocycles. The zero-order valence-corrected chi connectivity index (χ0v) is 15.7. The van der Waals surface area contributed by atoms with E-state index in [-0.39, 0.29) is 30.2 Å². The van der Waals surface area contributed by atoms with Crippen molar-refractivity contribution in [2.45, 2.75) is 25.3 Å². The molecular weight excluding hydrogens is 346 g/mol. The number of nitrogens with one attached hydrogen (secondary N) is 1. The zero-order valence-electron chi connectivity index (χ0n) is 15.7. The van der Waals surface area contributed by atoms with Crippen molar-refractivity contribution >= 4 is 17.7 Å². The Morgan fingerprint density at radius 3 is 2.52 bits per heavy atom. The molecule has 0 aromatic heterocycles. The van der Waals surface area contributed by atoms with Crippen LogP contribution in [0.3, 0.4) is 0 Å². The number of nitrogens with zero attached hydrogens (tertiary/aromatic N) is 2. The fourth-order valence-electron chi connectivity index (χ4n) is 3.84. The molecule has 2 aliphatic heterocycles. The summed E-state index contributed by atoms with van der Waals surface area (Å²) in [6.07, 6.45) is 1.78. The lowest BCUT2D eigenvalue weighted by Gasteiger charge is -2.39. The first kappa shape index (κ1) is 19.4. The molecule has 0 radical (unpaired) electrons. The summed E-state index contributed by atoms with van der Waals surface area (Å²) in [5, 5.41) is 2.88. The van der Waals surface area contributed by atoms with E-state index in [0.717, 1.165) is 5.56 Å². The van der Waals surface area contributed by atoms with Gasteiger partial charge in [0.2, 0.25) is 17.7 Å². The van der Waals surface area contributed by atoms with Crippen LogP contribution in [-0.4, -0.2) is 73.5 Å². The van der Waals surface area contributed by atoms with Crippen LogP contribution in [-0.2, 0) is 25.5 Å². The number of likely N-dealkylation sites (tertiary alicyclic amines) is 1. The van der Waals surface area contributed by atoms with E-state index in [1.54, 1.807) is 9.80 Å². The summed E-state index contributed by atoms with van der Waals surface area (Å²) in [7, 11) is 1.50. The summed E-state index contributed by atoms with van der Waals surface area (Å²) in [5.74, 6) is -0.237. The molecule has 0 spiro atoms. The molecule has 3 rings (SSSR count). The summed E-state index contributed by atoms with van der Waals surface area (Å²) in [6, 6.07) is 9.30. The van der Waals surface area contributed by atoms with Gasteiger partial charge in [-0.2, -0.15) is 0 Å². The fourth-order valence-corrected chi connectivity index (χ4v) is 3.84. The Balaban J connectivity index is 1.63. The highest BCUT2D eigenvalue weighted by Gasteiger charge is 2.37. The third-order valence-electron chi connectivity index (χ3n) is 5.35. The predicted octanol–water partition coefficient (Wildman–Crippen LogP) is 0.441. The lowest BCUT2D eigenvalue weighted by atomic mass is 9.93. The Bertz CT molecular complexity index is 671. The fraction of sp³-hybridized carbons (Fsp3) is 0.550. The highest BCUT2D eigenvalue weighted by Crippen LogP contribution is 2.23. The molecule has 27 heavy (non-hydrogen) atoms.